The van der Waals surface area contributed by atoms with Crippen LogP contribution in [0, 0.1) is 5.82 Å². The fourth-order valence-electron chi connectivity index (χ4n) is 1.34. The molecule has 6 nitrogen and oxygen atoms in total. The number of rotatable bonds is 8. The lowest BCUT2D eigenvalue weighted by molar-refractivity contribution is 0.0970. The Morgan fingerprint density at radius 2 is 2.28 bits per heavy atom. The van der Waals surface area contributed by atoms with Gasteiger partial charge in [-0.2, -0.15) is 4.98 Å². The van der Waals surface area contributed by atoms with Gasteiger partial charge in [-0.1, -0.05) is 0 Å². The van der Waals surface area contributed by atoms with Crippen LogP contribution in [-0.4, -0.2) is 55.0 Å². The molecule has 0 atom stereocenters. The number of anilines is 2. The second-order valence-electron chi connectivity index (χ2n) is 3.65. The second kappa shape index (κ2) is 7.78. The third kappa shape index (κ3) is 4.42. The fourth-order valence-corrected chi connectivity index (χ4v) is 1.34. The lowest BCUT2D eigenvalue weighted by Crippen LogP contribution is -2.25. The molecule has 1 aromatic rings. The number of aliphatic hydroxyl groups excluding tert-OH is 1. The first-order valence-electron chi connectivity index (χ1n) is 5.85. The largest absolute Gasteiger partial charge is 0.394 e. The van der Waals surface area contributed by atoms with Crippen LogP contribution in [0.3, 0.4) is 0 Å². The Bertz CT molecular complexity index is 365. The quantitative estimate of drug-likeness (QED) is 0.661. The summed E-state index contributed by atoms with van der Waals surface area (Å²) in [7, 11) is 1.73. The molecule has 1 heterocycles. The smallest absolute Gasteiger partial charge is 0.224 e. The lowest BCUT2D eigenvalue weighted by atomic mass is 10.4. The van der Waals surface area contributed by atoms with Crippen molar-refractivity contribution in [2.24, 2.45) is 0 Å². The molecule has 18 heavy (non-hydrogen) atoms. The maximum Gasteiger partial charge on any atom is 0.224 e. The number of hydrogen-bond acceptors (Lipinski definition) is 6. The molecule has 7 heteroatoms. The molecule has 0 spiro atoms. The summed E-state index contributed by atoms with van der Waals surface area (Å²) in [6, 6.07) is 0. The van der Waals surface area contributed by atoms with E-state index in [4.69, 9.17) is 9.84 Å². The van der Waals surface area contributed by atoms with Gasteiger partial charge in [-0.15, -0.1) is 0 Å². The van der Waals surface area contributed by atoms with Crippen molar-refractivity contribution in [2.75, 3.05) is 50.2 Å². The molecule has 0 unspecified atom stereocenters. The summed E-state index contributed by atoms with van der Waals surface area (Å²) >= 11 is 0. The molecule has 2 N–H and O–H groups in total. The van der Waals surface area contributed by atoms with Gasteiger partial charge in [0.25, 0.3) is 0 Å². The monoisotopic (exact) mass is 258 g/mol. The molecular formula is C11H19FN4O2. The zero-order valence-corrected chi connectivity index (χ0v) is 10.7. The highest BCUT2D eigenvalue weighted by molar-refractivity contribution is 5.43. The summed E-state index contributed by atoms with van der Waals surface area (Å²) in [6.45, 7) is 3.74. The maximum atomic E-state index is 13.6. The van der Waals surface area contributed by atoms with Crippen LogP contribution in [0.4, 0.5) is 16.2 Å². The van der Waals surface area contributed by atoms with Gasteiger partial charge in [-0.05, 0) is 6.92 Å². The van der Waals surface area contributed by atoms with Crippen molar-refractivity contribution in [3.05, 3.63) is 12.0 Å². The van der Waals surface area contributed by atoms with Crippen LogP contribution in [0.2, 0.25) is 0 Å². The highest BCUT2D eigenvalue weighted by Crippen LogP contribution is 2.15. The Balaban J connectivity index is 2.59. The minimum atomic E-state index is -0.471. The van der Waals surface area contributed by atoms with Crippen molar-refractivity contribution in [1.82, 2.24) is 9.97 Å². The predicted molar refractivity (Wildman–Crippen MR) is 67.3 cm³/mol. The molecule has 1 rings (SSSR count). The van der Waals surface area contributed by atoms with Gasteiger partial charge in [0, 0.05) is 20.1 Å². The van der Waals surface area contributed by atoms with Gasteiger partial charge in [-0.25, -0.2) is 9.37 Å². The van der Waals surface area contributed by atoms with Gasteiger partial charge in [0.05, 0.1) is 26.0 Å². The van der Waals surface area contributed by atoms with Gasteiger partial charge in [0.15, 0.2) is 11.6 Å². The Morgan fingerprint density at radius 1 is 1.50 bits per heavy atom. The van der Waals surface area contributed by atoms with Crippen LogP contribution < -0.4 is 10.2 Å². The van der Waals surface area contributed by atoms with Crippen molar-refractivity contribution >= 4 is 11.8 Å². The molecule has 0 aliphatic carbocycles. The Hall–Kier alpha value is -1.47. The molecule has 0 aliphatic heterocycles. The molecule has 0 amide bonds. The Labute approximate surface area is 106 Å². The fraction of sp³-hybridized carbons (Fsp3) is 0.636. The molecule has 102 valence electrons. The number of halogens is 1. The molecule has 0 aliphatic rings. The number of aromatic nitrogens is 2. The van der Waals surface area contributed by atoms with Gasteiger partial charge < -0.3 is 20.1 Å². The summed E-state index contributed by atoms with van der Waals surface area (Å²) < 4.78 is 18.7. The summed E-state index contributed by atoms with van der Waals surface area (Å²) in [5, 5.41) is 11.5. The second-order valence-corrected chi connectivity index (χ2v) is 3.65. The van der Waals surface area contributed by atoms with E-state index in [1.54, 1.807) is 11.9 Å². The van der Waals surface area contributed by atoms with Crippen molar-refractivity contribution in [2.45, 2.75) is 6.92 Å². The molecular weight excluding hydrogens is 239 g/mol. The van der Waals surface area contributed by atoms with Gasteiger partial charge >= 0.3 is 0 Å². The van der Waals surface area contributed by atoms with Gasteiger partial charge in [0.1, 0.15) is 0 Å². The topological polar surface area (TPSA) is 70.5 Å². The highest BCUT2D eigenvalue weighted by Gasteiger charge is 2.11. The van der Waals surface area contributed by atoms with Crippen LogP contribution >= 0.6 is 0 Å². The van der Waals surface area contributed by atoms with Crippen LogP contribution in [0.25, 0.3) is 0 Å². The van der Waals surface area contributed by atoms with E-state index in [1.807, 2.05) is 6.92 Å². The summed E-state index contributed by atoms with van der Waals surface area (Å²) in [6.07, 6.45) is 1.14. The van der Waals surface area contributed by atoms with Crippen molar-refractivity contribution < 1.29 is 14.2 Å². The molecule has 0 fully saturated rings. The molecule has 0 saturated heterocycles. The molecule has 0 aromatic carbocycles. The number of nitrogens with one attached hydrogen (secondary N) is 1. The van der Waals surface area contributed by atoms with E-state index in [0.29, 0.717) is 25.6 Å². The first-order valence-corrected chi connectivity index (χ1v) is 5.85. The number of nitrogens with zero attached hydrogens (tertiary/aromatic N) is 3. The predicted octanol–water partition coefficient (Wildman–Crippen LogP) is 0.493. The Kier molecular flexibility index (Phi) is 6.31. The van der Waals surface area contributed by atoms with E-state index in [0.717, 1.165) is 6.20 Å². The van der Waals surface area contributed by atoms with Crippen LogP contribution in [0.15, 0.2) is 6.20 Å². The van der Waals surface area contributed by atoms with E-state index in [9.17, 15) is 4.39 Å². The van der Waals surface area contributed by atoms with Crippen molar-refractivity contribution in [1.29, 1.82) is 0 Å². The maximum absolute atomic E-state index is 13.6. The van der Waals surface area contributed by atoms with E-state index < -0.39 is 5.82 Å². The number of ether oxygens (including phenoxy) is 1. The Morgan fingerprint density at radius 3 is 2.94 bits per heavy atom. The standard InChI is InChI=1S/C11H19FN4O2/c1-3-13-11-14-8-9(12)10(15-11)16(2)4-6-18-7-5-17/h8,17H,3-7H2,1-2H3,(H,13,14,15). The zero-order valence-electron chi connectivity index (χ0n) is 10.7. The number of likely N-dealkylation sites (N-methyl/N-ethyl adjacent to an activating group) is 1. The number of aliphatic hydroxyl groups is 1. The van der Waals surface area contributed by atoms with Crippen LogP contribution in [0.1, 0.15) is 6.92 Å². The average Bonchev–Trinajstić information content (AvgIpc) is 2.37. The van der Waals surface area contributed by atoms with Crippen LogP contribution in [-0.2, 0) is 4.74 Å². The van der Waals surface area contributed by atoms with E-state index in [-0.39, 0.29) is 19.0 Å². The van der Waals surface area contributed by atoms with Crippen LogP contribution in [0.5, 0.6) is 0 Å². The number of hydrogen-bond donors (Lipinski definition) is 2. The summed E-state index contributed by atoms with van der Waals surface area (Å²) in [4.78, 5) is 9.57. The van der Waals surface area contributed by atoms with E-state index in [2.05, 4.69) is 15.3 Å². The molecule has 0 saturated carbocycles. The first kappa shape index (κ1) is 14.6. The minimum Gasteiger partial charge on any atom is -0.394 e. The lowest BCUT2D eigenvalue weighted by Gasteiger charge is -2.19. The highest BCUT2D eigenvalue weighted by atomic mass is 19.1. The normalized spacial score (nSPS) is 10.4. The van der Waals surface area contributed by atoms with Crippen molar-refractivity contribution in [3.63, 3.8) is 0 Å². The van der Waals surface area contributed by atoms with E-state index >= 15 is 0 Å². The summed E-state index contributed by atoms with van der Waals surface area (Å²) in [5.41, 5.74) is 0. The van der Waals surface area contributed by atoms with Gasteiger partial charge in [0.2, 0.25) is 5.95 Å². The molecule has 1 aromatic heterocycles. The zero-order chi connectivity index (χ0) is 13.4. The van der Waals surface area contributed by atoms with Gasteiger partial charge in [-0.3, -0.25) is 0 Å². The molecule has 0 bridgehead atoms. The molecule has 0 radical (unpaired) electrons. The van der Waals surface area contributed by atoms with E-state index in [1.165, 1.54) is 0 Å². The summed E-state index contributed by atoms with van der Waals surface area (Å²) in [5.74, 6) is 0.159. The average molecular weight is 258 g/mol. The first-order chi connectivity index (χ1) is 8.69. The third-order valence-electron chi connectivity index (χ3n) is 2.23. The van der Waals surface area contributed by atoms with Crippen molar-refractivity contribution in [3.8, 4) is 0 Å². The minimum absolute atomic E-state index is 0.0177. The SMILES string of the molecule is CCNc1ncc(F)c(N(C)CCOCCO)n1. The third-order valence-corrected chi connectivity index (χ3v) is 2.23.